The van der Waals surface area contributed by atoms with Crippen molar-refractivity contribution >= 4 is 82.9 Å². The number of aromatic nitrogens is 1. The van der Waals surface area contributed by atoms with Crippen LogP contribution in [0.25, 0.3) is 48.8 Å². The maximum Gasteiger partial charge on any atom is 0.0970 e. The third-order valence-electron chi connectivity index (χ3n) is 10.4. The summed E-state index contributed by atoms with van der Waals surface area (Å²) < 4.78 is 0. The molecule has 55 heavy (non-hydrogen) atoms. The van der Waals surface area contributed by atoms with Crippen LogP contribution < -0.4 is 9.80 Å². The Bertz CT molecular complexity index is 2870. The van der Waals surface area contributed by atoms with Crippen molar-refractivity contribution in [2.24, 2.45) is 0 Å². The van der Waals surface area contributed by atoms with Gasteiger partial charge in [-0.2, -0.15) is 0 Å². The number of allylic oxidation sites excluding steroid dienone is 4. The Morgan fingerprint density at radius 1 is 0.491 bits per heavy atom. The normalized spacial score (nSPS) is 11.9. The van der Waals surface area contributed by atoms with Crippen molar-refractivity contribution in [1.82, 2.24) is 4.98 Å². The molecule has 0 N–H and O–H groups in total. The molecule has 0 aliphatic carbocycles. The van der Waals surface area contributed by atoms with E-state index in [-0.39, 0.29) is 0 Å². The lowest BCUT2D eigenvalue weighted by molar-refractivity contribution is 1.22. The van der Waals surface area contributed by atoms with Gasteiger partial charge in [-0.1, -0.05) is 134 Å². The molecule has 0 amide bonds. The molecule has 0 bridgehead atoms. The molecule has 1 heterocycles. The second-order valence-corrected chi connectivity index (χ2v) is 13.9. The molecule has 0 fully saturated rings. The van der Waals surface area contributed by atoms with Crippen LogP contribution in [0.1, 0.15) is 25.8 Å². The summed E-state index contributed by atoms with van der Waals surface area (Å²) in [6.45, 7) is 4.37. The molecule has 1 aromatic heterocycles. The number of anilines is 6. The number of pyridine rings is 1. The smallest absolute Gasteiger partial charge is 0.0970 e. The summed E-state index contributed by atoms with van der Waals surface area (Å²) in [5.41, 5.74) is 9.73. The van der Waals surface area contributed by atoms with E-state index in [0.29, 0.717) is 0 Å². The summed E-state index contributed by atoms with van der Waals surface area (Å²) in [6, 6.07) is 63.4. The van der Waals surface area contributed by atoms with Crippen molar-refractivity contribution in [2.75, 3.05) is 9.80 Å². The van der Waals surface area contributed by atoms with Crippen molar-refractivity contribution in [3.63, 3.8) is 0 Å². The van der Waals surface area contributed by atoms with E-state index in [2.05, 4.69) is 218 Å². The summed E-state index contributed by atoms with van der Waals surface area (Å²) in [5, 5.41) is 8.12. The van der Waals surface area contributed by atoms with Crippen LogP contribution in [0.2, 0.25) is 0 Å². The van der Waals surface area contributed by atoms with E-state index >= 15 is 0 Å². The standard InChI is InChI=1S/C52H41N3/c1-3-4-7-17-37(2)40-29-32-47-49(36-40)52(55(44-24-10-6-11-25-44)46-31-28-39-19-13-15-21-42(39)35-46)50-48(26-16-33-53-50)51(47)54(43-22-8-5-9-23-43)45-30-27-38-18-12-14-20-41(38)34-45/h4-36H,3H2,1-2H3. The van der Waals surface area contributed by atoms with Crippen molar-refractivity contribution in [2.45, 2.75) is 20.3 Å². The van der Waals surface area contributed by atoms with Gasteiger partial charge >= 0.3 is 0 Å². The van der Waals surface area contributed by atoms with Gasteiger partial charge < -0.3 is 9.80 Å². The number of fused-ring (bicyclic) bond motifs is 4. The summed E-state index contributed by atoms with van der Waals surface area (Å²) >= 11 is 0. The van der Waals surface area contributed by atoms with Crippen molar-refractivity contribution in [3.8, 4) is 0 Å². The fourth-order valence-electron chi connectivity index (χ4n) is 7.76. The highest BCUT2D eigenvalue weighted by atomic mass is 15.2. The zero-order chi connectivity index (χ0) is 37.1. The summed E-state index contributed by atoms with van der Waals surface area (Å²) in [7, 11) is 0. The fraction of sp³-hybridized carbons (Fsp3) is 0.0577. The Morgan fingerprint density at radius 2 is 1.05 bits per heavy atom. The quantitative estimate of drug-likeness (QED) is 0.0846. The van der Waals surface area contributed by atoms with Gasteiger partial charge in [0, 0.05) is 45.1 Å². The van der Waals surface area contributed by atoms with Gasteiger partial charge in [-0.05, 0) is 113 Å². The Hall–Kier alpha value is -6.97. The minimum absolute atomic E-state index is 0.924. The molecular formula is C52H41N3. The number of para-hydroxylation sites is 2. The lowest BCUT2D eigenvalue weighted by Gasteiger charge is -2.32. The highest BCUT2D eigenvalue weighted by Crippen LogP contribution is 2.51. The highest BCUT2D eigenvalue weighted by Gasteiger charge is 2.26. The summed E-state index contributed by atoms with van der Waals surface area (Å²) in [6.07, 6.45) is 9.50. The van der Waals surface area contributed by atoms with Gasteiger partial charge in [-0.25, -0.2) is 0 Å². The van der Waals surface area contributed by atoms with Crippen molar-refractivity contribution in [3.05, 3.63) is 206 Å². The number of hydrogen-bond donors (Lipinski definition) is 0. The lowest BCUT2D eigenvalue weighted by Crippen LogP contribution is -2.15. The average Bonchev–Trinajstić information content (AvgIpc) is 3.25. The molecule has 9 aromatic rings. The molecule has 264 valence electrons. The first kappa shape index (κ1) is 33.8. The van der Waals surface area contributed by atoms with Crippen LogP contribution >= 0.6 is 0 Å². The number of hydrogen-bond acceptors (Lipinski definition) is 3. The Balaban J connectivity index is 1.42. The molecule has 0 atom stereocenters. The van der Waals surface area contributed by atoms with Crippen LogP contribution in [0.3, 0.4) is 0 Å². The predicted molar refractivity (Wildman–Crippen MR) is 237 cm³/mol. The molecule has 0 radical (unpaired) electrons. The number of nitrogens with zero attached hydrogens (tertiary/aromatic N) is 3. The number of benzene rings is 8. The van der Waals surface area contributed by atoms with Gasteiger partial charge in [0.05, 0.1) is 16.9 Å². The highest BCUT2D eigenvalue weighted by molar-refractivity contribution is 6.22. The van der Waals surface area contributed by atoms with Crippen LogP contribution in [-0.4, -0.2) is 4.98 Å². The van der Waals surface area contributed by atoms with Gasteiger partial charge in [0.15, 0.2) is 0 Å². The van der Waals surface area contributed by atoms with Gasteiger partial charge in [-0.3, -0.25) is 4.98 Å². The molecule has 3 heteroatoms. The van der Waals surface area contributed by atoms with Crippen LogP contribution in [0.4, 0.5) is 34.1 Å². The molecule has 0 saturated carbocycles. The molecule has 0 aliphatic heterocycles. The average molecular weight is 708 g/mol. The minimum Gasteiger partial charge on any atom is -0.309 e. The van der Waals surface area contributed by atoms with E-state index in [1.807, 2.05) is 6.20 Å². The molecule has 8 aromatic carbocycles. The Kier molecular flexibility index (Phi) is 9.11. The Morgan fingerprint density at radius 3 is 1.65 bits per heavy atom. The minimum atomic E-state index is 0.924. The maximum atomic E-state index is 5.29. The van der Waals surface area contributed by atoms with Crippen LogP contribution in [0, 0.1) is 0 Å². The molecule has 9 rings (SSSR count). The predicted octanol–water partition coefficient (Wildman–Crippen LogP) is 15.0. The first-order chi connectivity index (χ1) is 27.2. The molecule has 0 unspecified atom stereocenters. The maximum absolute atomic E-state index is 5.29. The zero-order valence-electron chi connectivity index (χ0n) is 31.1. The zero-order valence-corrected chi connectivity index (χ0v) is 31.1. The molecule has 3 nitrogen and oxygen atoms in total. The molecule has 0 saturated heterocycles. The van der Waals surface area contributed by atoms with E-state index in [4.69, 9.17) is 4.98 Å². The van der Waals surface area contributed by atoms with Crippen molar-refractivity contribution < 1.29 is 0 Å². The largest absolute Gasteiger partial charge is 0.309 e. The van der Waals surface area contributed by atoms with Crippen LogP contribution in [-0.2, 0) is 0 Å². The second-order valence-electron chi connectivity index (χ2n) is 13.9. The van der Waals surface area contributed by atoms with Crippen molar-refractivity contribution in [1.29, 1.82) is 0 Å². The first-order valence-electron chi connectivity index (χ1n) is 19.0. The topological polar surface area (TPSA) is 19.4 Å². The van der Waals surface area contributed by atoms with Gasteiger partial charge in [-0.15, -0.1) is 0 Å². The molecule has 0 spiro atoms. The Labute approximate surface area is 322 Å². The van der Waals surface area contributed by atoms with Crippen LogP contribution in [0.5, 0.6) is 0 Å². The van der Waals surface area contributed by atoms with E-state index in [9.17, 15) is 0 Å². The van der Waals surface area contributed by atoms with E-state index in [0.717, 1.165) is 62.2 Å². The van der Waals surface area contributed by atoms with Gasteiger partial charge in [0.1, 0.15) is 0 Å². The summed E-state index contributed by atoms with van der Waals surface area (Å²) in [5.74, 6) is 0. The van der Waals surface area contributed by atoms with Gasteiger partial charge in [0.2, 0.25) is 0 Å². The van der Waals surface area contributed by atoms with Gasteiger partial charge in [0.25, 0.3) is 0 Å². The molecular weight excluding hydrogens is 667 g/mol. The summed E-state index contributed by atoms with van der Waals surface area (Å²) in [4.78, 5) is 10.1. The van der Waals surface area contributed by atoms with E-state index < -0.39 is 0 Å². The lowest BCUT2D eigenvalue weighted by atomic mass is 9.94. The second kappa shape index (κ2) is 14.8. The SMILES string of the molecule is CCC=CC=C(C)c1ccc2c(N(c3ccccc3)c3ccc4ccccc4c3)c3cccnc3c(N(c3ccccc3)c3ccc4ccccc4c3)c2c1. The first-order valence-corrected chi connectivity index (χ1v) is 19.0. The van der Waals surface area contributed by atoms with E-state index in [1.165, 1.54) is 32.7 Å². The van der Waals surface area contributed by atoms with E-state index in [1.54, 1.807) is 0 Å². The monoisotopic (exact) mass is 707 g/mol. The molecule has 0 aliphatic rings. The fourth-order valence-corrected chi connectivity index (χ4v) is 7.76. The number of rotatable bonds is 9. The third kappa shape index (κ3) is 6.40. The van der Waals surface area contributed by atoms with Crippen LogP contribution in [0.15, 0.2) is 200 Å². The third-order valence-corrected chi connectivity index (χ3v) is 10.4.